The summed E-state index contributed by atoms with van der Waals surface area (Å²) in [6.07, 6.45) is -1.11. The summed E-state index contributed by atoms with van der Waals surface area (Å²) in [5, 5.41) is 11.6. The molecule has 0 aliphatic carbocycles. The van der Waals surface area contributed by atoms with E-state index in [1.165, 1.54) is 19.1 Å². The van der Waals surface area contributed by atoms with Crippen LogP contribution in [-0.2, 0) is 10.2 Å². The topological polar surface area (TPSA) is 49.3 Å². The van der Waals surface area contributed by atoms with Gasteiger partial charge in [-0.25, -0.2) is 8.78 Å². The predicted octanol–water partition coefficient (Wildman–Crippen LogP) is 1.74. The molecule has 0 bridgehead atoms. The first-order chi connectivity index (χ1) is 8.24. The number of benzene rings is 1. The lowest BCUT2D eigenvalue weighted by molar-refractivity contribution is -0.128. The van der Waals surface area contributed by atoms with Gasteiger partial charge in [0.15, 0.2) is 0 Å². The highest BCUT2D eigenvalue weighted by Crippen LogP contribution is 2.25. The molecule has 0 aromatic heterocycles. The van der Waals surface area contributed by atoms with Gasteiger partial charge in [-0.15, -0.1) is 0 Å². The third kappa shape index (κ3) is 3.50. The van der Waals surface area contributed by atoms with Crippen molar-refractivity contribution in [3.63, 3.8) is 0 Å². The first-order valence-electron chi connectivity index (χ1n) is 5.65. The van der Waals surface area contributed by atoms with Crippen molar-refractivity contribution in [2.24, 2.45) is 0 Å². The molecule has 2 N–H and O–H groups in total. The Morgan fingerprint density at radius 1 is 1.44 bits per heavy atom. The average molecular weight is 257 g/mol. The van der Waals surface area contributed by atoms with Crippen molar-refractivity contribution >= 4 is 5.91 Å². The van der Waals surface area contributed by atoms with Gasteiger partial charge < -0.3 is 10.4 Å². The molecule has 1 aromatic rings. The Hall–Kier alpha value is -1.49. The molecular formula is C13H17F2NO2. The number of halogens is 2. The Kier molecular flexibility index (Phi) is 4.40. The lowest BCUT2D eigenvalue weighted by Crippen LogP contribution is -2.41. The molecule has 3 nitrogen and oxygen atoms in total. The molecule has 0 saturated carbocycles. The highest BCUT2D eigenvalue weighted by atomic mass is 19.1. The first kappa shape index (κ1) is 14.6. The third-order valence-corrected chi connectivity index (χ3v) is 2.74. The molecule has 0 fully saturated rings. The van der Waals surface area contributed by atoms with Crippen LogP contribution < -0.4 is 5.32 Å². The lowest BCUT2D eigenvalue weighted by Gasteiger charge is -2.26. The second-order valence-corrected chi connectivity index (χ2v) is 4.90. The first-order valence-corrected chi connectivity index (χ1v) is 5.65. The Labute approximate surface area is 105 Å². The Morgan fingerprint density at radius 2 is 2.06 bits per heavy atom. The van der Waals surface area contributed by atoms with Crippen molar-refractivity contribution < 1.29 is 18.7 Å². The van der Waals surface area contributed by atoms with E-state index < -0.39 is 29.1 Å². The van der Waals surface area contributed by atoms with E-state index in [0.717, 1.165) is 6.07 Å². The summed E-state index contributed by atoms with van der Waals surface area (Å²) in [5.74, 6) is -1.81. The SMILES string of the molecule is CC(O)C(=O)NCC(C)(C)c1ccc(F)cc1F. The number of aliphatic hydroxyl groups is 1. The van der Waals surface area contributed by atoms with Gasteiger partial charge in [-0.2, -0.15) is 0 Å². The van der Waals surface area contributed by atoms with E-state index in [9.17, 15) is 13.6 Å². The van der Waals surface area contributed by atoms with Crippen molar-refractivity contribution in [1.29, 1.82) is 0 Å². The van der Waals surface area contributed by atoms with Crippen molar-refractivity contribution in [2.75, 3.05) is 6.54 Å². The zero-order valence-corrected chi connectivity index (χ0v) is 10.6. The van der Waals surface area contributed by atoms with Crippen LogP contribution in [0.4, 0.5) is 8.78 Å². The van der Waals surface area contributed by atoms with Crippen molar-refractivity contribution in [3.8, 4) is 0 Å². The third-order valence-electron chi connectivity index (χ3n) is 2.74. The van der Waals surface area contributed by atoms with Crippen molar-refractivity contribution in [3.05, 3.63) is 35.4 Å². The van der Waals surface area contributed by atoms with Crippen LogP contribution in [0.1, 0.15) is 26.3 Å². The van der Waals surface area contributed by atoms with E-state index >= 15 is 0 Å². The molecule has 1 rings (SSSR count). The molecule has 0 aliphatic heterocycles. The van der Waals surface area contributed by atoms with Gasteiger partial charge in [0.05, 0.1) is 0 Å². The summed E-state index contributed by atoms with van der Waals surface area (Å²) in [5.41, 5.74) is -0.378. The minimum Gasteiger partial charge on any atom is -0.384 e. The molecule has 0 saturated heterocycles. The van der Waals surface area contributed by atoms with Crippen LogP contribution in [-0.4, -0.2) is 23.7 Å². The number of carbonyl (C=O) groups is 1. The Balaban J connectivity index is 2.82. The molecule has 0 radical (unpaired) electrons. The second-order valence-electron chi connectivity index (χ2n) is 4.90. The van der Waals surface area contributed by atoms with E-state index in [1.807, 2.05) is 0 Å². The zero-order valence-electron chi connectivity index (χ0n) is 10.6. The number of hydrogen-bond acceptors (Lipinski definition) is 2. The van der Waals surface area contributed by atoms with E-state index in [2.05, 4.69) is 5.32 Å². The van der Waals surface area contributed by atoms with Crippen molar-refractivity contribution in [1.82, 2.24) is 5.32 Å². The number of hydrogen-bond donors (Lipinski definition) is 2. The van der Waals surface area contributed by atoms with E-state index in [4.69, 9.17) is 5.11 Å². The molecule has 1 atom stereocenters. The molecule has 5 heteroatoms. The molecule has 1 unspecified atom stereocenters. The molecule has 0 heterocycles. The number of nitrogens with one attached hydrogen (secondary N) is 1. The summed E-state index contributed by atoms with van der Waals surface area (Å²) in [6, 6.07) is 3.35. The molecular weight excluding hydrogens is 240 g/mol. The van der Waals surface area contributed by atoms with Gasteiger partial charge in [0.1, 0.15) is 17.7 Å². The number of rotatable bonds is 4. The van der Waals surface area contributed by atoms with E-state index in [-0.39, 0.29) is 6.54 Å². The maximum atomic E-state index is 13.6. The van der Waals surface area contributed by atoms with Gasteiger partial charge in [-0.05, 0) is 18.6 Å². The molecule has 1 amide bonds. The standard InChI is InChI=1S/C13H17F2NO2/c1-8(17)12(18)16-7-13(2,3)10-5-4-9(14)6-11(10)15/h4-6,8,17H,7H2,1-3H3,(H,16,18). The monoisotopic (exact) mass is 257 g/mol. The van der Waals surface area contributed by atoms with Gasteiger partial charge in [-0.3, -0.25) is 4.79 Å². The van der Waals surface area contributed by atoms with Gasteiger partial charge >= 0.3 is 0 Å². The quantitative estimate of drug-likeness (QED) is 0.863. The largest absolute Gasteiger partial charge is 0.384 e. The Bertz CT molecular complexity index is 445. The number of carbonyl (C=O) groups excluding carboxylic acids is 1. The average Bonchev–Trinajstić information content (AvgIpc) is 2.25. The summed E-state index contributed by atoms with van der Waals surface area (Å²) in [6.45, 7) is 4.96. The maximum Gasteiger partial charge on any atom is 0.248 e. The van der Waals surface area contributed by atoms with Gasteiger partial charge in [-0.1, -0.05) is 19.9 Å². The van der Waals surface area contributed by atoms with Gasteiger partial charge in [0.2, 0.25) is 5.91 Å². The maximum absolute atomic E-state index is 13.6. The van der Waals surface area contributed by atoms with Crippen LogP contribution in [0.3, 0.4) is 0 Å². The van der Waals surface area contributed by atoms with Crippen LogP contribution in [0, 0.1) is 11.6 Å². The molecule has 0 aliphatic rings. The van der Waals surface area contributed by atoms with E-state index in [0.29, 0.717) is 5.56 Å². The fraction of sp³-hybridized carbons (Fsp3) is 0.462. The van der Waals surface area contributed by atoms with Crippen LogP contribution >= 0.6 is 0 Å². The van der Waals surface area contributed by atoms with Gasteiger partial charge in [0, 0.05) is 18.0 Å². The van der Waals surface area contributed by atoms with Crippen LogP contribution in [0.2, 0.25) is 0 Å². The fourth-order valence-electron chi connectivity index (χ4n) is 1.59. The Morgan fingerprint density at radius 3 is 2.56 bits per heavy atom. The molecule has 18 heavy (non-hydrogen) atoms. The smallest absolute Gasteiger partial charge is 0.248 e. The summed E-state index contributed by atoms with van der Waals surface area (Å²) in [7, 11) is 0. The zero-order chi connectivity index (χ0) is 13.9. The minimum absolute atomic E-state index is 0.152. The molecule has 100 valence electrons. The van der Waals surface area contributed by atoms with Crippen LogP contribution in [0.5, 0.6) is 0 Å². The number of amides is 1. The normalized spacial score (nSPS) is 13.2. The summed E-state index contributed by atoms with van der Waals surface area (Å²) in [4.78, 5) is 11.2. The summed E-state index contributed by atoms with van der Waals surface area (Å²) >= 11 is 0. The lowest BCUT2D eigenvalue weighted by atomic mass is 9.84. The second kappa shape index (κ2) is 5.44. The minimum atomic E-state index is -1.11. The van der Waals surface area contributed by atoms with Crippen LogP contribution in [0.25, 0.3) is 0 Å². The summed E-state index contributed by atoms with van der Waals surface area (Å²) < 4.78 is 26.4. The highest BCUT2D eigenvalue weighted by Gasteiger charge is 2.25. The predicted molar refractivity (Wildman–Crippen MR) is 64.1 cm³/mol. The van der Waals surface area contributed by atoms with Crippen molar-refractivity contribution in [2.45, 2.75) is 32.3 Å². The molecule has 0 spiro atoms. The van der Waals surface area contributed by atoms with Crippen LogP contribution in [0.15, 0.2) is 18.2 Å². The number of aliphatic hydroxyl groups excluding tert-OH is 1. The highest BCUT2D eigenvalue weighted by molar-refractivity contribution is 5.80. The van der Waals surface area contributed by atoms with E-state index in [1.54, 1.807) is 13.8 Å². The molecule has 1 aromatic carbocycles. The van der Waals surface area contributed by atoms with Gasteiger partial charge in [0.25, 0.3) is 0 Å². The fourth-order valence-corrected chi connectivity index (χ4v) is 1.59.